The second-order valence-corrected chi connectivity index (χ2v) is 5.62. The second-order valence-electron chi connectivity index (χ2n) is 5.62. The molecule has 0 aliphatic heterocycles. The molecule has 2 nitrogen and oxygen atoms in total. The molecule has 0 unspecified atom stereocenters. The first-order chi connectivity index (χ1) is 9.25. The highest BCUT2D eigenvalue weighted by atomic mass is 16.1. The Balaban J connectivity index is 1.70. The average molecular weight is 259 g/mol. The Kier molecular flexibility index (Phi) is 5.59. The van der Waals surface area contributed by atoms with Crippen LogP contribution in [0.25, 0.3) is 0 Å². The number of hydrogen-bond donors (Lipinski definition) is 1. The highest BCUT2D eigenvalue weighted by Gasteiger charge is 2.09. The predicted molar refractivity (Wildman–Crippen MR) is 79.6 cm³/mol. The van der Waals surface area contributed by atoms with Crippen LogP contribution in [-0.4, -0.2) is 18.9 Å². The van der Waals surface area contributed by atoms with Gasteiger partial charge in [0.25, 0.3) is 0 Å². The van der Waals surface area contributed by atoms with Gasteiger partial charge in [0, 0.05) is 6.42 Å². The average Bonchev–Trinajstić information content (AvgIpc) is 2.42. The van der Waals surface area contributed by atoms with Crippen molar-refractivity contribution in [2.45, 2.75) is 51.9 Å². The Bertz CT molecular complexity index is 425. The van der Waals surface area contributed by atoms with E-state index in [1.165, 1.54) is 31.2 Å². The summed E-state index contributed by atoms with van der Waals surface area (Å²) in [6.07, 6.45) is 7.97. The van der Waals surface area contributed by atoms with E-state index in [2.05, 4.69) is 23.5 Å². The fourth-order valence-corrected chi connectivity index (χ4v) is 2.76. The zero-order valence-corrected chi connectivity index (χ0v) is 12.0. The van der Waals surface area contributed by atoms with Gasteiger partial charge in [0.05, 0.1) is 0 Å². The van der Waals surface area contributed by atoms with Gasteiger partial charge in [-0.25, -0.2) is 0 Å². The van der Waals surface area contributed by atoms with E-state index in [4.69, 9.17) is 0 Å². The van der Waals surface area contributed by atoms with Gasteiger partial charge >= 0.3 is 0 Å². The molecule has 1 aromatic carbocycles. The van der Waals surface area contributed by atoms with Crippen LogP contribution >= 0.6 is 0 Å². The van der Waals surface area contributed by atoms with E-state index in [0.717, 1.165) is 25.9 Å². The van der Waals surface area contributed by atoms with Crippen LogP contribution in [0.2, 0.25) is 0 Å². The van der Waals surface area contributed by atoms with Crippen LogP contribution in [0, 0.1) is 0 Å². The molecule has 0 aromatic heterocycles. The lowest BCUT2D eigenvalue weighted by atomic mass is 9.90. The zero-order valence-electron chi connectivity index (χ0n) is 12.0. The molecule has 0 saturated heterocycles. The van der Waals surface area contributed by atoms with E-state index in [9.17, 15) is 4.79 Å². The smallest absolute Gasteiger partial charge is 0.129 e. The molecular weight excluding hydrogens is 234 g/mol. The second kappa shape index (κ2) is 7.44. The van der Waals surface area contributed by atoms with Gasteiger partial charge in [-0.3, -0.25) is 0 Å². The Hall–Kier alpha value is -1.15. The van der Waals surface area contributed by atoms with Crippen LogP contribution in [-0.2, 0) is 24.1 Å². The van der Waals surface area contributed by atoms with Crippen molar-refractivity contribution in [2.24, 2.45) is 0 Å². The number of aryl methyl sites for hydroxylation is 2. The summed E-state index contributed by atoms with van der Waals surface area (Å²) in [5.41, 5.74) is 4.57. The minimum Gasteiger partial charge on any atom is -0.316 e. The number of carbonyl (C=O) groups is 1. The van der Waals surface area contributed by atoms with Crippen molar-refractivity contribution in [2.75, 3.05) is 13.1 Å². The van der Waals surface area contributed by atoms with Gasteiger partial charge in [0.1, 0.15) is 5.78 Å². The SMILES string of the molecule is CC(=O)CCCNCCc1ccc2c(c1)CCCC2. The number of fused-ring (bicyclic) bond motifs is 1. The van der Waals surface area contributed by atoms with Crippen LogP contribution in [0.1, 0.15) is 49.3 Å². The molecular formula is C17H25NO. The maximum Gasteiger partial charge on any atom is 0.129 e. The fourth-order valence-electron chi connectivity index (χ4n) is 2.76. The molecule has 2 heteroatoms. The van der Waals surface area contributed by atoms with Gasteiger partial charge in [-0.05, 0) is 75.2 Å². The first-order valence-electron chi connectivity index (χ1n) is 7.56. The highest BCUT2D eigenvalue weighted by Crippen LogP contribution is 2.22. The maximum atomic E-state index is 10.8. The predicted octanol–water partition coefficient (Wildman–Crippen LogP) is 3.07. The molecule has 0 radical (unpaired) electrons. The zero-order chi connectivity index (χ0) is 13.5. The standard InChI is InChI=1S/C17H25NO/c1-14(19)5-4-11-18-12-10-15-8-9-16-6-2-3-7-17(16)13-15/h8-9,13,18H,2-7,10-12H2,1H3. The molecule has 0 fully saturated rings. The molecule has 1 aliphatic carbocycles. The molecule has 19 heavy (non-hydrogen) atoms. The Morgan fingerprint density at radius 1 is 1.16 bits per heavy atom. The number of hydrogen-bond acceptors (Lipinski definition) is 2. The number of rotatable bonds is 7. The highest BCUT2D eigenvalue weighted by molar-refractivity contribution is 5.75. The van der Waals surface area contributed by atoms with E-state index in [0.29, 0.717) is 6.42 Å². The van der Waals surface area contributed by atoms with Crippen molar-refractivity contribution in [3.05, 3.63) is 34.9 Å². The number of carbonyl (C=O) groups excluding carboxylic acids is 1. The summed E-state index contributed by atoms with van der Waals surface area (Å²) in [6, 6.07) is 6.99. The summed E-state index contributed by atoms with van der Waals surface area (Å²) in [6.45, 7) is 3.62. The van der Waals surface area contributed by atoms with E-state index in [-0.39, 0.29) is 5.78 Å². The number of benzene rings is 1. The third-order valence-corrected chi connectivity index (χ3v) is 3.89. The van der Waals surface area contributed by atoms with Crippen LogP contribution in [0.3, 0.4) is 0 Å². The van der Waals surface area contributed by atoms with Gasteiger partial charge in [-0.15, -0.1) is 0 Å². The van der Waals surface area contributed by atoms with Crippen LogP contribution in [0.4, 0.5) is 0 Å². The molecule has 1 aromatic rings. The van der Waals surface area contributed by atoms with Gasteiger partial charge in [-0.1, -0.05) is 18.2 Å². The Morgan fingerprint density at radius 2 is 1.95 bits per heavy atom. The third kappa shape index (κ3) is 4.79. The Morgan fingerprint density at radius 3 is 2.74 bits per heavy atom. The van der Waals surface area contributed by atoms with E-state index < -0.39 is 0 Å². The van der Waals surface area contributed by atoms with E-state index in [1.54, 1.807) is 18.1 Å². The monoisotopic (exact) mass is 259 g/mol. The van der Waals surface area contributed by atoms with E-state index in [1.807, 2.05) is 0 Å². The maximum absolute atomic E-state index is 10.8. The topological polar surface area (TPSA) is 29.1 Å². The summed E-state index contributed by atoms with van der Waals surface area (Å²) in [5, 5.41) is 3.42. The molecule has 0 heterocycles. The van der Waals surface area contributed by atoms with Crippen molar-refractivity contribution in [1.29, 1.82) is 0 Å². The van der Waals surface area contributed by atoms with Crippen molar-refractivity contribution >= 4 is 5.78 Å². The first kappa shape index (κ1) is 14.3. The van der Waals surface area contributed by atoms with Gasteiger partial charge < -0.3 is 10.1 Å². The van der Waals surface area contributed by atoms with Gasteiger partial charge in [-0.2, -0.15) is 0 Å². The summed E-state index contributed by atoms with van der Waals surface area (Å²) >= 11 is 0. The van der Waals surface area contributed by atoms with Gasteiger partial charge in [0.15, 0.2) is 0 Å². The minimum absolute atomic E-state index is 0.288. The molecule has 1 aliphatic rings. The Labute approximate surface area is 116 Å². The molecule has 0 spiro atoms. The first-order valence-corrected chi connectivity index (χ1v) is 7.56. The summed E-state index contributed by atoms with van der Waals surface area (Å²) in [7, 11) is 0. The molecule has 2 rings (SSSR count). The largest absolute Gasteiger partial charge is 0.316 e. The lowest BCUT2D eigenvalue weighted by molar-refractivity contribution is -0.117. The van der Waals surface area contributed by atoms with Crippen LogP contribution in [0.5, 0.6) is 0 Å². The number of Topliss-reactive ketones (excluding diaryl/α,β-unsaturated/α-hetero) is 1. The molecule has 0 saturated carbocycles. The van der Waals surface area contributed by atoms with Crippen molar-refractivity contribution in [3.8, 4) is 0 Å². The third-order valence-electron chi connectivity index (χ3n) is 3.89. The lowest BCUT2D eigenvalue weighted by Gasteiger charge is -2.16. The van der Waals surface area contributed by atoms with Crippen LogP contribution in [0.15, 0.2) is 18.2 Å². The number of ketones is 1. The van der Waals surface area contributed by atoms with Crippen molar-refractivity contribution in [3.63, 3.8) is 0 Å². The summed E-state index contributed by atoms with van der Waals surface area (Å²) in [4.78, 5) is 10.8. The lowest BCUT2D eigenvalue weighted by Crippen LogP contribution is -2.19. The molecule has 0 amide bonds. The van der Waals surface area contributed by atoms with Crippen molar-refractivity contribution in [1.82, 2.24) is 5.32 Å². The summed E-state index contributed by atoms with van der Waals surface area (Å²) < 4.78 is 0. The minimum atomic E-state index is 0.288. The molecule has 0 atom stereocenters. The molecule has 104 valence electrons. The summed E-state index contributed by atoms with van der Waals surface area (Å²) in [5.74, 6) is 0.288. The van der Waals surface area contributed by atoms with Crippen molar-refractivity contribution < 1.29 is 4.79 Å². The fraction of sp³-hybridized carbons (Fsp3) is 0.588. The van der Waals surface area contributed by atoms with E-state index >= 15 is 0 Å². The molecule has 0 bridgehead atoms. The molecule has 1 N–H and O–H groups in total. The normalized spacial score (nSPS) is 14.2. The van der Waals surface area contributed by atoms with Crippen LogP contribution < -0.4 is 5.32 Å². The quantitative estimate of drug-likeness (QED) is 0.762. The van der Waals surface area contributed by atoms with Gasteiger partial charge in [0.2, 0.25) is 0 Å². The number of nitrogens with one attached hydrogen (secondary N) is 1.